The van der Waals surface area contributed by atoms with Crippen LogP contribution < -0.4 is 10.6 Å². The van der Waals surface area contributed by atoms with E-state index in [4.69, 9.17) is 15.0 Å². The van der Waals surface area contributed by atoms with Crippen LogP contribution in [0.4, 0.5) is 0 Å². The van der Waals surface area contributed by atoms with E-state index < -0.39 is 0 Å². The minimum Gasteiger partial charge on any atom is -0.385 e. The highest BCUT2D eigenvalue weighted by Gasteiger charge is 2.19. The molecule has 1 fully saturated rings. The van der Waals surface area contributed by atoms with Crippen molar-refractivity contribution < 1.29 is 4.74 Å². The van der Waals surface area contributed by atoms with E-state index in [0.717, 1.165) is 63.6 Å². The van der Waals surface area contributed by atoms with Gasteiger partial charge in [0.25, 0.3) is 0 Å². The molecule has 0 unspecified atom stereocenters. The maximum Gasteiger partial charge on any atom is 0.191 e. The van der Waals surface area contributed by atoms with Gasteiger partial charge in [-0.3, -0.25) is 0 Å². The largest absolute Gasteiger partial charge is 0.385 e. The summed E-state index contributed by atoms with van der Waals surface area (Å²) in [6, 6.07) is 10.2. The average Bonchev–Trinajstić information content (AvgIpc) is 2.68. The van der Waals surface area contributed by atoms with Gasteiger partial charge in [0.05, 0.1) is 18.2 Å². The highest BCUT2D eigenvalue weighted by Crippen LogP contribution is 2.11. The van der Waals surface area contributed by atoms with E-state index in [0.29, 0.717) is 18.2 Å². The number of nitrogens with one attached hydrogen (secondary N) is 2. The van der Waals surface area contributed by atoms with Gasteiger partial charge in [0.15, 0.2) is 5.96 Å². The van der Waals surface area contributed by atoms with Gasteiger partial charge in [-0.05, 0) is 43.9 Å². The summed E-state index contributed by atoms with van der Waals surface area (Å²) in [4.78, 5) is 7.21. The van der Waals surface area contributed by atoms with Crippen LogP contribution in [0.1, 0.15) is 37.3 Å². The Kier molecular flexibility index (Phi) is 8.94. The van der Waals surface area contributed by atoms with Gasteiger partial charge in [0, 0.05) is 45.9 Å². The third-order valence-electron chi connectivity index (χ3n) is 4.60. The predicted octanol–water partition coefficient (Wildman–Crippen LogP) is 2.11. The summed E-state index contributed by atoms with van der Waals surface area (Å²) in [5, 5.41) is 15.8. The molecule has 1 saturated heterocycles. The molecule has 142 valence electrons. The molecule has 1 aliphatic rings. The number of hydrogen-bond donors (Lipinski definition) is 2. The molecule has 2 rings (SSSR count). The smallest absolute Gasteiger partial charge is 0.191 e. The molecule has 0 aromatic heterocycles. The molecule has 6 heteroatoms. The summed E-state index contributed by atoms with van der Waals surface area (Å²) in [6.07, 6.45) is 3.37. The first-order chi connectivity index (χ1) is 12.7. The average molecular weight is 358 g/mol. The number of guanidine groups is 1. The van der Waals surface area contributed by atoms with E-state index in [9.17, 15) is 0 Å². The molecule has 0 atom stereocenters. The Balaban J connectivity index is 1.81. The molecule has 0 saturated carbocycles. The minimum atomic E-state index is 0.465. The SMILES string of the molecule is CCNC(=NCc1ccc(C#N)cc1)NC1CCN(CCCOC)CC1. The molecule has 1 aliphatic heterocycles. The summed E-state index contributed by atoms with van der Waals surface area (Å²) in [5.41, 5.74) is 1.79. The van der Waals surface area contributed by atoms with Crippen LogP contribution >= 0.6 is 0 Å². The first-order valence-corrected chi connectivity index (χ1v) is 9.50. The van der Waals surface area contributed by atoms with E-state index in [2.05, 4.69) is 28.5 Å². The molecule has 6 nitrogen and oxygen atoms in total. The van der Waals surface area contributed by atoms with Crippen LogP contribution in [0.2, 0.25) is 0 Å². The molecule has 1 aromatic rings. The van der Waals surface area contributed by atoms with E-state index in [1.807, 2.05) is 24.3 Å². The van der Waals surface area contributed by atoms with Crippen LogP contribution in [0.25, 0.3) is 0 Å². The number of piperidine rings is 1. The maximum absolute atomic E-state index is 8.87. The van der Waals surface area contributed by atoms with Gasteiger partial charge in [-0.25, -0.2) is 4.99 Å². The van der Waals surface area contributed by atoms with Crippen molar-refractivity contribution in [3.05, 3.63) is 35.4 Å². The normalized spacial score (nSPS) is 16.3. The van der Waals surface area contributed by atoms with Gasteiger partial charge in [0.1, 0.15) is 0 Å². The number of nitriles is 1. The Morgan fingerprint density at radius 1 is 1.31 bits per heavy atom. The summed E-state index contributed by atoms with van der Waals surface area (Å²) in [6.45, 7) is 7.73. The van der Waals surface area contributed by atoms with E-state index in [1.54, 1.807) is 7.11 Å². The second-order valence-corrected chi connectivity index (χ2v) is 6.61. The topological polar surface area (TPSA) is 72.7 Å². The van der Waals surface area contributed by atoms with Crippen molar-refractivity contribution in [2.24, 2.45) is 4.99 Å². The number of hydrogen-bond acceptors (Lipinski definition) is 4. The molecule has 0 bridgehead atoms. The third-order valence-corrected chi connectivity index (χ3v) is 4.60. The number of methoxy groups -OCH3 is 1. The number of aliphatic imine (C=N–C) groups is 1. The van der Waals surface area contributed by atoms with Crippen molar-refractivity contribution in [2.45, 2.75) is 38.8 Å². The Hall–Kier alpha value is -2.10. The lowest BCUT2D eigenvalue weighted by Crippen LogP contribution is -2.48. The Morgan fingerprint density at radius 3 is 2.65 bits per heavy atom. The fourth-order valence-corrected chi connectivity index (χ4v) is 3.10. The molecule has 26 heavy (non-hydrogen) atoms. The van der Waals surface area contributed by atoms with Crippen molar-refractivity contribution in [1.82, 2.24) is 15.5 Å². The molecule has 0 amide bonds. The van der Waals surface area contributed by atoms with Gasteiger partial charge in [0.2, 0.25) is 0 Å². The van der Waals surface area contributed by atoms with E-state index in [1.165, 1.54) is 0 Å². The van der Waals surface area contributed by atoms with Crippen LogP contribution in [0.5, 0.6) is 0 Å². The molecule has 2 N–H and O–H groups in total. The number of nitrogens with zero attached hydrogens (tertiary/aromatic N) is 3. The molecule has 0 aliphatic carbocycles. The van der Waals surface area contributed by atoms with Gasteiger partial charge in [-0.2, -0.15) is 5.26 Å². The second-order valence-electron chi connectivity index (χ2n) is 6.61. The summed E-state index contributed by atoms with van der Waals surface area (Å²) in [7, 11) is 1.76. The fraction of sp³-hybridized carbons (Fsp3) is 0.600. The number of benzene rings is 1. The molecule has 0 radical (unpaired) electrons. The minimum absolute atomic E-state index is 0.465. The van der Waals surface area contributed by atoms with E-state index in [-0.39, 0.29) is 0 Å². The molecule has 1 heterocycles. The van der Waals surface area contributed by atoms with E-state index >= 15 is 0 Å². The van der Waals surface area contributed by atoms with Gasteiger partial charge < -0.3 is 20.3 Å². The zero-order valence-electron chi connectivity index (χ0n) is 16.0. The van der Waals surface area contributed by atoms with Crippen LogP contribution in [-0.4, -0.2) is 56.8 Å². The lowest BCUT2D eigenvalue weighted by Gasteiger charge is -2.33. The lowest BCUT2D eigenvalue weighted by atomic mass is 10.1. The molecule has 0 spiro atoms. The second kappa shape index (κ2) is 11.5. The van der Waals surface area contributed by atoms with Crippen molar-refractivity contribution in [1.29, 1.82) is 5.26 Å². The van der Waals surface area contributed by atoms with Crippen molar-refractivity contribution >= 4 is 5.96 Å². The van der Waals surface area contributed by atoms with Crippen molar-refractivity contribution in [2.75, 3.05) is 39.9 Å². The Morgan fingerprint density at radius 2 is 2.04 bits per heavy atom. The Bertz CT molecular complexity index is 585. The third kappa shape index (κ3) is 7.03. The lowest BCUT2D eigenvalue weighted by molar-refractivity contribution is 0.155. The number of ether oxygens (including phenoxy) is 1. The zero-order chi connectivity index (χ0) is 18.6. The molecular weight excluding hydrogens is 326 g/mol. The highest BCUT2D eigenvalue weighted by atomic mass is 16.5. The first-order valence-electron chi connectivity index (χ1n) is 9.50. The molecular formula is C20H31N5O. The molecule has 1 aromatic carbocycles. The van der Waals surface area contributed by atoms with Crippen LogP contribution in [0.15, 0.2) is 29.3 Å². The summed E-state index contributed by atoms with van der Waals surface area (Å²) < 4.78 is 5.13. The zero-order valence-corrected chi connectivity index (χ0v) is 16.0. The Labute approximate surface area is 157 Å². The van der Waals surface area contributed by atoms with Gasteiger partial charge in [-0.1, -0.05) is 12.1 Å². The first kappa shape index (κ1) is 20.2. The van der Waals surface area contributed by atoms with Gasteiger partial charge in [-0.15, -0.1) is 0 Å². The maximum atomic E-state index is 8.87. The highest BCUT2D eigenvalue weighted by molar-refractivity contribution is 5.80. The number of rotatable bonds is 8. The fourth-order valence-electron chi connectivity index (χ4n) is 3.10. The number of likely N-dealkylation sites (tertiary alicyclic amines) is 1. The van der Waals surface area contributed by atoms with Crippen LogP contribution in [0.3, 0.4) is 0 Å². The quantitative estimate of drug-likeness (QED) is 0.424. The standard InChI is InChI=1S/C20H31N5O/c1-3-22-20(23-16-18-7-5-17(15-21)6-8-18)24-19-9-12-25(13-10-19)11-4-14-26-2/h5-8,19H,3-4,9-14,16H2,1-2H3,(H2,22,23,24). The van der Waals surface area contributed by atoms with Crippen LogP contribution in [0, 0.1) is 11.3 Å². The summed E-state index contributed by atoms with van der Waals surface area (Å²) in [5.74, 6) is 0.870. The predicted molar refractivity (Wildman–Crippen MR) is 105 cm³/mol. The van der Waals surface area contributed by atoms with Gasteiger partial charge >= 0.3 is 0 Å². The monoisotopic (exact) mass is 357 g/mol. The van der Waals surface area contributed by atoms with Crippen LogP contribution in [-0.2, 0) is 11.3 Å². The van der Waals surface area contributed by atoms with Crippen molar-refractivity contribution in [3.63, 3.8) is 0 Å². The van der Waals surface area contributed by atoms with Crippen molar-refractivity contribution in [3.8, 4) is 6.07 Å². The summed E-state index contributed by atoms with van der Waals surface area (Å²) >= 11 is 0.